The third-order valence-electron chi connectivity index (χ3n) is 4.64. The quantitative estimate of drug-likeness (QED) is 0.525. The first-order valence-corrected chi connectivity index (χ1v) is 11.5. The number of halogens is 2. The van der Waals surface area contributed by atoms with E-state index < -0.39 is 11.9 Å². The minimum Gasteiger partial charge on any atom is -0.465 e. The zero-order valence-electron chi connectivity index (χ0n) is 16.8. The molecule has 10 heteroatoms. The molecule has 7 nitrogen and oxygen atoms in total. The van der Waals surface area contributed by atoms with Gasteiger partial charge in [-0.05, 0) is 35.9 Å². The molecule has 2 aromatic carbocycles. The van der Waals surface area contributed by atoms with Gasteiger partial charge >= 0.3 is 5.97 Å². The Hall–Kier alpha value is -2.80. The number of methoxy groups -OCH3 is 1. The Kier molecular flexibility index (Phi) is 7.96. The number of allylic oxidation sites excluding steroid dienone is 1. The molecule has 1 aliphatic rings. The Morgan fingerprint density at radius 2 is 2.03 bits per heavy atom. The lowest BCUT2D eigenvalue weighted by Gasteiger charge is -2.25. The Balaban J connectivity index is 1.76. The van der Waals surface area contributed by atoms with E-state index in [1.807, 2.05) is 0 Å². The molecule has 2 aromatic rings. The SMILES string of the molecule is COC(=O)c1ccc([C@H]2CC(=O)NC(SCC(=O)Nc3ccc(Br)cc3Cl)=C2C#N)cc1. The lowest BCUT2D eigenvalue weighted by molar-refractivity contribution is -0.121. The van der Waals surface area contributed by atoms with E-state index in [1.165, 1.54) is 7.11 Å². The topological polar surface area (TPSA) is 108 Å². The van der Waals surface area contributed by atoms with Crippen molar-refractivity contribution in [2.45, 2.75) is 12.3 Å². The highest BCUT2D eigenvalue weighted by molar-refractivity contribution is 9.10. The van der Waals surface area contributed by atoms with E-state index >= 15 is 0 Å². The van der Waals surface area contributed by atoms with Gasteiger partial charge in [0.05, 0.1) is 45.8 Å². The highest BCUT2D eigenvalue weighted by Gasteiger charge is 2.30. The van der Waals surface area contributed by atoms with E-state index in [4.69, 9.17) is 16.3 Å². The molecule has 32 heavy (non-hydrogen) atoms. The van der Waals surface area contributed by atoms with Gasteiger partial charge in [0.2, 0.25) is 11.8 Å². The summed E-state index contributed by atoms with van der Waals surface area (Å²) in [5.74, 6) is -1.57. The molecule has 0 aliphatic carbocycles. The molecule has 164 valence electrons. The predicted octanol–water partition coefficient (Wildman–Crippen LogP) is 4.60. The normalized spacial score (nSPS) is 15.6. The number of ether oxygens (including phenoxy) is 1. The first-order valence-electron chi connectivity index (χ1n) is 9.32. The van der Waals surface area contributed by atoms with Crippen LogP contribution < -0.4 is 10.6 Å². The summed E-state index contributed by atoms with van der Waals surface area (Å²) >= 11 is 10.5. The van der Waals surface area contributed by atoms with Crippen molar-refractivity contribution in [3.63, 3.8) is 0 Å². The molecule has 0 fully saturated rings. The Morgan fingerprint density at radius 3 is 2.66 bits per heavy atom. The van der Waals surface area contributed by atoms with Crippen molar-refractivity contribution in [1.82, 2.24) is 5.32 Å². The Morgan fingerprint density at radius 1 is 1.31 bits per heavy atom. The van der Waals surface area contributed by atoms with Crippen LogP contribution in [0.5, 0.6) is 0 Å². The molecule has 0 spiro atoms. The fraction of sp³-hybridized carbons (Fsp3) is 0.182. The molecule has 0 saturated carbocycles. The number of nitrogens with zero attached hydrogens (tertiary/aromatic N) is 1. The summed E-state index contributed by atoms with van der Waals surface area (Å²) in [5, 5.41) is 15.9. The van der Waals surface area contributed by atoms with Crippen LogP contribution in [-0.4, -0.2) is 30.6 Å². The summed E-state index contributed by atoms with van der Waals surface area (Å²) in [6.07, 6.45) is 0.0885. The van der Waals surface area contributed by atoms with Gasteiger partial charge in [-0.1, -0.05) is 51.4 Å². The van der Waals surface area contributed by atoms with E-state index in [0.29, 0.717) is 32.4 Å². The number of esters is 1. The maximum atomic E-state index is 12.4. The van der Waals surface area contributed by atoms with Crippen molar-refractivity contribution >= 4 is 62.8 Å². The van der Waals surface area contributed by atoms with Gasteiger partial charge in [0, 0.05) is 16.8 Å². The summed E-state index contributed by atoms with van der Waals surface area (Å²) in [6.45, 7) is 0. The number of rotatable bonds is 6. The number of anilines is 1. The number of nitriles is 1. The molecule has 2 amide bonds. The van der Waals surface area contributed by atoms with Gasteiger partial charge < -0.3 is 15.4 Å². The number of carbonyl (C=O) groups is 3. The highest BCUT2D eigenvalue weighted by atomic mass is 79.9. The van der Waals surface area contributed by atoms with E-state index in [1.54, 1.807) is 42.5 Å². The monoisotopic (exact) mass is 533 g/mol. The summed E-state index contributed by atoms with van der Waals surface area (Å²) in [4.78, 5) is 36.3. The number of carbonyl (C=O) groups excluding carboxylic acids is 3. The number of nitrogens with one attached hydrogen (secondary N) is 2. The molecule has 1 atom stereocenters. The van der Waals surface area contributed by atoms with Gasteiger partial charge in [-0.2, -0.15) is 5.26 Å². The van der Waals surface area contributed by atoms with Gasteiger partial charge in [0.25, 0.3) is 0 Å². The van der Waals surface area contributed by atoms with Crippen LogP contribution in [0, 0.1) is 11.3 Å². The van der Waals surface area contributed by atoms with Gasteiger partial charge in [-0.15, -0.1) is 0 Å². The fourth-order valence-corrected chi connectivity index (χ4v) is 4.70. The van der Waals surface area contributed by atoms with Crippen LogP contribution >= 0.6 is 39.3 Å². The summed E-state index contributed by atoms with van der Waals surface area (Å²) in [5.41, 5.74) is 1.91. The second-order valence-electron chi connectivity index (χ2n) is 6.73. The first-order chi connectivity index (χ1) is 15.3. The average Bonchev–Trinajstić information content (AvgIpc) is 2.78. The van der Waals surface area contributed by atoms with Crippen molar-refractivity contribution in [1.29, 1.82) is 5.26 Å². The van der Waals surface area contributed by atoms with Crippen LogP contribution in [0.1, 0.15) is 28.3 Å². The largest absolute Gasteiger partial charge is 0.465 e. The minimum absolute atomic E-state index is 0.0266. The lowest BCUT2D eigenvalue weighted by atomic mass is 9.87. The van der Waals surface area contributed by atoms with Crippen LogP contribution in [-0.2, 0) is 14.3 Å². The molecule has 0 aromatic heterocycles. The summed E-state index contributed by atoms with van der Waals surface area (Å²) in [7, 11) is 1.29. The van der Waals surface area contributed by atoms with Crippen LogP contribution in [0.2, 0.25) is 5.02 Å². The summed E-state index contributed by atoms with van der Waals surface area (Å²) in [6, 6.07) is 13.8. The minimum atomic E-state index is -0.480. The second-order valence-corrected chi connectivity index (χ2v) is 9.04. The van der Waals surface area contributed by atoms with Crippen LogP contribution in [0.25, 0.3) is 0 Å². The zero-order valence-corrected chi connectivity index (χ0v) is 19.9. The second kappa shape index (κ2) is 10.7. The molecular weight excluding hydrogens is 518 g/mol. The number of hydrogen-bond donors (Lipinski definition) is 2. The van der Waals surface area contributed by atoms with Crippen molar-refractivity contribution in [3.8, 4) is 6.07 Å². The highest BCUT2D eigenvalue weighted by Crippen LogP contribution is 2.36. The maximum Gasteiger partial charge on any atom is 0.337 e. The Labute approximate surface area is 202 Å². The molecule has 0 saturated heterocycles. The molecular formula is C22H17BrClN3O4S. The van der Waals surface area contributed by atoms with Crippen molar-refractivity contribution in [2.24, 2.45) is 0 Å². The number of hydrogen-bond acceptors (Lipinski definition) is 6. The van der Waals surface area contributed by atoms with Crippen LogP contribution in [0.15, 0.2) is 57.5 Å². The maximum absolute atomic E-state index is 12.4. The van der Waals surface area contributed by atoms with Crippen molar-refractivity contribution < 1.29 is 19.1 Å². The fourth-order valence-electron chi connectivity index (χ4n) is 3.10. The first kappa shape index (κ1) is 23.9. The lowest BCUT2D eigenvalue weighted by Crippen LogP contribution is -2.31. The van der Waals surface area contributed by atoms with Crippen LogP contribution in [0.3, 0.4) is 0 Å². The molecule has 0 bridgehead atoms. The van der Waals surface area contributed by atoms with Gasteiger partial charge in [0.1, 0.15) is 0 Å². The van der Waals surface area contributed by atoms with Crippen molar-refractivity contribution in [3.05, 3.63) is 73.7 Å². The average molecular weight is 535 g/mol. The number of thioether (sulfide) groups is 1. The molecule has 1 heterocycles. The summed E-state index contributed by atoms with van der Waals surface area (Å²) < 4.78 is 5.48. The van der Waals surface area contributed by atoms with Crippen molar-refractivity contribution in [2.75, 3.05) is 18.2 Å². The van der Waals surface area contributed by atoms with E-state index in [-0.39, 0.29) is 24.0 Å². The third kappa shape index (κ3) is 5.71. The molecule has 3 rings (SSSR count). The third-order valence-corrected chi connectivity index (χ3v) is 6.47. The smallest absolute Gasteiger partial charge is 0.337 e. The zero-order chi connectivity index (χ0) is 23.3. The molecule has 0 radical (unpaired) electrons. The molecule has 2 N–H and O–H groups in total. The number of benzene rings is 2. The molecule has 1 aliphatic heterocycles. The molecule has 0 unspecified atom stereocenters. The van der Waals surface area contributed by atoms with Gasteiger partial charge in [-0.3, -0.25) is 9.59 Å². The van der Waals surface area contributed by atoms with E-state index in [9.17, 15) is 19.6 Å². The van der Waals surface area contributed by atoms with E-state index in [0.717, 1.165) is 16.2 Å². The Bertz CT molecular complexity index is 1140. The van der Waals surface area contributed by atoms with Crippen LogP contribution in [0.4, 0.5) is 5.69 Å². The standard InChI is InChI=1S/C22H17BrClN3O4S/c1-31-22(30)13-4-2-12(3-5-13)15-9-19(28)27-21(16(15)10-25)32-11-20(29)26-18-7-6-14(23)8-17(18)24/h2-8,15H,9,11H2,1H3,(H,26,29)(H,27,28)/t15-/m1/s1. The van der Waals surface area contributed by atoms with Gasteiger partial charge in [-0.25, -0.2) is 4.79 Å². The predicted molar refractivity (Wildman–Crippen MR) is 126 cm³/mol. The van der Waals surface area contributed by atoms with E-state index in [2.05, 4.69) is 32.6 Å². The van der Waals surface area contributed by atoms with Gasteiger partial charge in [0.15, 0.2) is 0 Å². The number of amides is 2.